The van der Waals surface area contributed by atoms with E-state index in [1.807, 2.05) is 55.5 Å². The molecule has 0 saturated carbocycles. The number of benzene rings is 2. The molecule has 0 bridgehead atoms. The second-order valence-electron chi connectivity index (χ2n) is 6.06. The maximum absolute atomic E-state index is 12.4. The molecule has 4 heteroatoms. The lowest BCUT2D eigenvalue weighted by atomic mass is 9.97. The lowest BCUT2D eigenvalue weighted by molar-refractivity contribution is -0.122. The van der Waals surface area contributed by atoms with Gasteiger partial charge in [-0.15, -0.1) is 0 Å². The van der Waals surface area contributed by atoms with Crippen molar-refractivity contribution in [3.8, 4) is 5.75 Å². The topological polar surface area (TPSA) is 51.2 Å². The van der Waals surface area contributed by atoms with Gasteiger partial charge in [0.15, 0.2) is 0 Å². The van der Waals surface area contributed by atoms with Gasteiger partial charge < -0.3 is 10.1 Å². The van der Waals surface area contributed by atoms with E-state index < -0.39 is 0 Å². The first-order chi connectivity index (χ1) is 12.2. The standard InChI is InChI=1S/C21H22N2O2/c1-15(21(24)23-12-10-19-5-3-4-11-22-19)16-6-7-18-14-20(25-2)9-8-17(18)13-16/h3-9,11,13-15H,10,12H2,1-2H3,(H,23,24)/t15-/m1/s1. The number of rotatable bonds is 6. The fraction of sp³-hybridized carbons (Fsp3) is 0.238. The van der Waals surface area contributed by atoms with Gasteiger partial charge in [0.25, 0.3) is 0 Å². The van der Waals surface area contributed by atoms with Crippen molar-refractivity contribution in [2.24, 2.45) is 0 Å². The highest BCUT2D eigenvalue weighted by molar-refractivity contribution is 5.88. The maximum atomic E-state index is 12.4. The number of hydrogen-bond donors (Lipinski definition) is 1. The third kappa shape index (κ3) is 4.15. The van der Waals surface area contributed by atoms with Gasteiger partial charge in [-0.25, -0.2) is 0 Å². The van der Waals surface area contributed by atoms with Gasteiger partial charge in [-0.3, -0.25) is 9.78 Å². The van der Waals surface area contributed by atoms with Crippen molar-refractivity contribution in [2.75, 3.05) is 13.7 Å². The molecule has 1 atom stereocenters. The van der Waals surface area contributed by atoms with Crippen molar-refractivity contribution in [1.29, 1.82) is 0 Å². The minimum absolute atomic E-state index is 0.0313. The molecule has 0 saturated heterocycles. The molecule has 0 radical (unpaired) electrons. The molecule has 0 spiro atoms. The van der Waals surface area contributed by atoms with Gasteiger partial charge >= 0.3 is 0 Å². The number of hydrogen-bond acceptors (Lipinski definition) is 3. The minimum Gasteiger partial charge on any atom is -0.497 e. The Hall–Kier alpha value is -2.88. The molecule has 4 nitrogen and oxygen atoms in total. The van der Waals surface area contributed by atoms with Crippen LogP contribution in [-0.2, 0) is 11.2 Å². The van der Waals surface area contributed by atoms with Crippen LogP contribution in [0.4, 0.5) is 0 Å². The number of pyridine rings is 1. The molecule has 0 fully saturated rings. The number of carbonyl (C=O) groups is 1. The highest BCUT2D eigenvalue weighted by Crippen LogP contribution is 2.25. The van der Waals surface area contributed by atoms with Crippen molar-refractivity contribution in [1.82, 2.24) is 10.3 Å². The Morgan fingerprint density at radius 3 is 2.68 bits per heavy atom. The molecule has 0 aliphatic carbocycles. The van der Waals surface area contributed by atoms with Gasteiger partial charge in [-0.1, -0.05) is 30.3 Å². The monoisotopic (exact) mass is 334 g/mol. The summed E-state index contributed by atoms with van der Waals surface area (Å²) in [5.41, 5.74) is 1.99. The quantitative estimate of drug-likeness (QED) is 0.748. The second kappa shape index (κ2) is 7.79. The first kappa shape index (κ1) is 17.0. The zero-order chi connectivity index (χ0) is 17.6. The molecule has 1 amide bonds. The summed E-state index contributed by atoms with van der Waals surface area (Å²) in [6.45, 7) is 2.52. The van der Waals surface area contributed by atoms with Gasteiger partial charge in [0.1, 0.15) is 5.75 Å². The molecule has 0 unspecified atom stereocenters. The highest BCUT2D eigenvalue weighted by Gasteiger charge is 2.15. The number of ether oxygens (including phenoxy) is 1. The number of aromatic nitrogens is 1. The molecule has 128 valence electrons. The van der Waals surface area contributed by atoms with Gasteiger partial charge in [0, 0.05) is 24.9 Å². The molecule has 0 aliphatic heterocycles. The van der Waals surface area contributed by atoms with Crippen LogP contribution >= 0.6 is 0 Å². The van der Waals surface area contributed by atoms with E-state index in [-0.39, 0.29) is 11.8 Å². The fourth-order valence-electron chi connectivity index (χ4n) is 2.80. The van der Waals surface area contributed by atoms with Crippen LogP contribution in [-0.4, -0.2) is 24.5 Å². The number of fused-ring (bicyclic) bond motifs is 1. The molecule has 25 heavy (non-hydrogen) atoms. The Bertz CT molecular complexity index is 862. The molecule has 1 heterocycles. The summed E-state index contributed by atoms with van der Waals surface area (Å²) in [5, 5.41) is 5.20. The number of nitrogens with one attached hydrogen (secondary N) is 1. The Morgan fingerprint density at radius 2 is 1.92 bits per heavy atom. The average Bonchev–Trinajstić information content (AvgIpc) is 2.67. The largest absolute Gasteiger partial charge is 0.497 e. The van der Waals surface area contributed by atoms with Crippen molar-refractivity contribution in [3.63, 3.8) is 0 Å². The summed E-state index contributed by atoms with van der Waals surface area (Å²) >= 11 is 0. The van der Waals surface area contributed by atoms with Crippen molar-refractivity contribution >= 4 is 16.7 Å². The lowest BCUT2D eigenvalue weighted by Crippen LogP contribution is -2.29. The van der Waals surface area contributed by atoms with E-state index in [9.17, 15) is 4.79 Å². The second-order valence-corrected chi connectivity index (χ2v) is 6.06. The molecule has 0 aliphatic rings. The summed E-state index contributed by atoms with van der Waals surface area (Å²) in [5.74, 6) is 0.666. The molecular weight excluding hydrogens is 312 g/mol. The van der Waals surface area contributed by atoms with E-state index >= 15 is 0 Å². The normalized spacial score (nSPS) is 11.9. The number of amides is 1. The summed E-state index contributed by atoms with van der Waals surface area (Å²) < 4.78 is 5.25. The van der Waals surface area contributed by atoms with Crippen LogP contribution in [0.15, 0.2) is 60.8 Å². The number of nitrogens with zero attached hydrogens (tertiary/aromatic N) is 1. The van der Waals surface area contributed by atoms with E-state index in [2.05, 4.69) is 16.4 Å². The molecule has 2 aromatic carbocycles. The van der Waals surface area contributed by atoms with Gasteiger partial charge in [0.05, 0.1) is 13.0 Å². The molecule has 1 N–H and O–H groups in total. The van der Waals surface area contributed by atoms with Crippen LogP contribution in [0.25, 0.3) is 10.8 Å². The molecular formula is C21H22N2O2. The zero-order valence-electron chi connectivity index (χ0n) is 14.5. The summed E-state index contributed by atoms with van der Waals surface area (Å²) in [6, 6.07) is 17.9. The Morgan fingerprint density at radius 1 is 1.12 bits per heavy atom. The Labute approximate surface area is 147 Å². The first-order valence-corrected chi connectivity index (χ1v) is 8.42. The Kier molecular flexibility index (Phi) is 5.29. The number of methoxy groups -OCH3 is 1. The van der Waals surface area contributed by atoms with E-state index in [0.29, 0.717) is 6.54 Å². The predicted octanol–water partition coefficient (Wildman–Crippen LogP) is 3.71. The SMILES string of the molecule is COc1ccc2cc([C@@H](C)C(=O)NCCc3ccccn3)ccc2c1. The lowest BCUT2D eigenvalue weighted by Gasteiger charge is -2.13. The van der Waals surface area contributed by atoms with Crippen LogP contribution < -0.4 is 10.1 Å². The molecule has 3 aromatic rings. The maximum Gasteiger partial charge on any atom is 0.227 e. The predicted molar refractivity (Wildman–Crippen MR) is 99.9 cm³/mol. The van der Waals surface area contributed by atoms with Crippen molar-refractivity contribution in [3.05, 3.63) is 72.1 Å². The third-order valence-electron chi connectivity index (χ3n) is 4.37. The van der Waals surface area contributed by atoms with Gasteiger partial charge in [-0.2, -0.15) is 0 Å². The van der Waals surface area contributed by atoms with Gasteiger partial charge in [0.2, 0.25) is 5.91 Å². The van der Waals surface area contributed by atoms with Crippen LogP contribution in [0.1, 0.15) is 24.1 Å². The van der Waals surface area contributed by atoms with E-state index in [1.165, 1.54) is 0 Å². The number of carbonyl (C=O) groups excluding carboxylic acids is 1. The molecule has 3 rings (SSSR count). The van der Waals surface area contributed by atoms with E-state index in [0.717, 1.165) is 34.2 Å². The molecule has 1 aromatic heterocycles. The third-order valence-corrected chi connectivity index (χ3v) is 4.37. The van der Waals surface area contributed by atoms with Crippen LogP contribution in [0.2, 0.25) is 0 Å². The summed E-state index contributed by atoms with van der Waals surface area (Å²) in [6.07, 6.45) is 2.50. The van der Waals surface area contributed by atoms with Crippen molar-refractivity contribution in [2.45, 2.75) is 19.3 Å². The van der Waals surface area contributed by atoms with E-state index in [4.69, 9.17) is 4.74 Å². The fourth-order valence-corrected chi connectivity index (χ4v) is 2.80. The zero-order valence-corrected chi connectivity index (χ0v) is 14.5. The van der Waals surface area contributed by atoms with Crippen molar-refractivity contribution < 1.29 is 9.53 Å². The highest BCUT2D eigenvalue weighted by atomic mass is 16.5. The van der Waals surface area contributed by atoms with Crippen LogP contribution in [0, 0.1) is 0 Å². The summed E-state index contributed by atoms with van der Waals surface area (Å²) in [7, 11) is 1.66. The van der Waals surface area contributed by atoms with Gasteiger partial charge in [-0.05, 0) is 47.5 Å². The first-order valence-electron chi connectivity index (χ1n) is 8.42. The minimum atomic E-state index is -0.199. The Balaban J connectivity index is 1.64. The summed E-state index contributed by atoms with van der Waals surface area (Å²) in [4.78, 5) is 16.7. The van der Waals surface area contributed by atoms with E-state index in [1.54, 1.807) is 13.3 Å². The smallest absolute Gasteiger partial charge is 0.227 e. The van der Waals surface area contributed by atoms with Crippen LogP contribution in [0.5, 0.6) is 5.75 Å². The average molecular weight is 334 g/mol. The van der Waals surface area contributed by atoms with Crippen LogP contribution in [0.3, 0.4) is 0 Å².